The summed E-state index contributed by atoms with van der Waals surface area (Å²) in [7, 11) is 0. The van der Waals surface area contributed by atoms with Crippen LogP contribution in [0.3, 0.4) is 0 Å². The molecule has 0 unspecified atom stereocenters. The molecule has 92 valence electrons. The summed E-state index contributed by atoms with van der Waals surface area (Å²) in [5, 5.41) is 21.1. The summed E-state index contributed by atoms with van der Waals surface area (Å²) >= 11 is 1.24. The van der Waals surface area contributed by atoms with Crippen molar-refractivity contribution in [2.45, 2.75) is 0 Å². The Hall–Kier alpha value is -2.22. The predicted octanol–water partition coefficient (Wildman–Crippen LogP) is 1.15. The molecular formula is C10H8N4O3S. The molecule has 1 aromatic carbocycles. The fourth-order valence-corrected chi connectivity index (χ4v) is 1.92. The van der Waals surface area contributed by atoms with Crippen molar-refractivity contribution >= 4 is 34.7 Å². The first-order valence-electron chi connectivity index (χ1n) is 4.94. The van der Waals surface area contributed by atoms with Gasteiger partial charge in [-0.15, -0.1) is 5.10 Å². The quantitative estimate of drug-likeness (QED) is 0.503. The summed E-state index contributed by atoms with van der Waals surface area (Å²) in [6, 6.07) is 6.21. The topological polar surface area (TPSA) is 97.0 Å². The number of rotatable bonds is 3. The van der Waals surface area contributed by atoms with E-state index in [1.54, 1.807) is 18.2 Å². The first kappa shape index (κ1) is 12.2. The lowest BCUT2D eigenvalue weighted by atomic mass is 10.2. The van der Waals surface area contributed by atoms with Crippen molar-refractivity contribution < 1.29 is 9.72 Å². The van der Waals surface area contributed by atoms with Crippen LogP contribution in [0, 0.1) is 10.1 Å². The molecule has 0 radical (unpaired) electrons. The molecule has 7 nitrogen and oxygen atoms in total. The summed E-state index contributed by atoms with van der Waals surface area (Å²) in [6.45, 7) is 0. The van der Waals surface area contributed by atoms with Crippen LogP contribution in [0.1, 0.15) is 5.56 Å². The average Bonchev–Trinajstić information content (AvgIpc) is 2.75. The van der Waals surface area contributed by atoms with Gasteiger partial charge in [-0.1, -0.05) is 23.9 Å². The van der Waals surface area contributed by atoms with Gasteiger partial charge >= 0.3 is 0 Å². The Balaban J connectivity index is 2.14. The number of benzene rings is 1. The van der Waals surface area contributed by atoms with Gasteiger partial charge < -0.3 is 5.32 Å². The molecule has 1 heterocycles. The minimum atomic E-state index is -0.486. The molecule has 1 fully saturated rings. The van der Waals surface area contributed by atoms with E-state index in [1.165, 1.54) is 24.0 Å². The van der Waals surface area contributed by atoms with Gasteiger partial charge in [0, 0.05) is 6.07 Å². The zero-order chi connectivity index (χ0) is 13.0. The van der Waals surface area contributed by atoms with E-state index in [0.29, 0.717) is 16.5 Å². The van der Waals surface area contributed by atoms with Gasteiger partial charge in [-0.3, -0.25) is 14.9 Å². The monoisotopic (exact) mass is 264 g/mol. The van der Waals surface area contributed by atoms with Crippen molar-refractivity contribution in [2.24, 2.45) is 10.2 Å². The summed E-state index contributed by atoms with van der Waals surface area (Å²) in [5.74, 6) is 0.194. The standard InChI is InChI=1S/C10H8N4O3S/c15-9-6-18-10(12-9)13-11-5-7-3-1-2-4-8(7)14(16)17/h1-5H,6H2,(H,12,13,15)/b11-5-. The molecule has 1 aromatic rings. The Kier molecular flexibility index (Phi) is 3.68. The summed E-state index contributed by atoms with van der Waals surface area (Å²) in [6.07, 6.45) is 1.29. The highest BCUT2D eigenvalue weighted by molar-refractivity contribution is 8.15. The maximum atomic E-state index is 10.9. The molecule has 2 rings (SSSR count). The number of amides is 1. The summed E-state index contributed by atoms with van der Waals surface area (Å²) in [5.41, 5.74) is 0.325. The fourth-order valence-electron chi connectivity index (χ4n) is 1.29. The highest BCUT2D eigenvalue weighted by Crippen LogP contribution is 2.15. The molecule has 0 bridgehead atoms. The Morgan fingerprint density at radius 2 is 2.22 bits per heavy atom. The van der Waals surface area contributed by atoms with Crippen LogP contribution < -0.4 is 5.32 Å². The third kappa shape index (κ3) is 2.92. The molecule has 18 heavy (non-hydrogen) atoms. The van der Waals surface area contributed by atoms with Crippen molar-refractivity contribution in [3.8, 4) is 0 Å². The highest BCUT2D eigenvalue weighted by atomic mass is 32.2. The lowest BCUT2D eigenvalue weighted by Crippen LogP contribution is -2.19. The molecule has 1 saturated heterocycles. The number of nitro benzene ring substituents is 1. The summed E-state index contributed by atoms with van der Waals surface area (Å²) in [4.78, 5) is 21.1. The second kappa shape index (κ2) is 5.41. The molecular weight excluding hydrogens is 256 g/mol. The number of hydrogen-bond donors (Lipinski definition) is 1. The van der Waals surface area contributed by atoms with Crippen LogP contribution in [0.25, 0.3) is 0 Å². The zero-order valence-electron chi connectivity index (χ0n) is 9.07. The van der Waals surface area contributed by atoms with E-state index in [-0.39, 0.29) is 11.6 Å². The van der Waals surface area contributed by atoms with Crippen molar-refractivity contribution in [1.82, 2.24) is 5.32 Å². The van der Waals surface area contributed by atoms with Crippen LogP contribution >= 0.6 is 11.8 Å². The summed E-state index contributed by atoms with van der Waals surface area (Å²) < 4.78 is 0. The van der Waals surface area contributed by atoms with Crippen LogP contribution in [0.5, 0.6) is 0 Å². The van der Waals surface area contributed by atoms with Crippen LogP contribution in [0.2, 0.25) is 0 Å². The molecule has 0 aromatic heterocycles. The van der Waals surface area contributed by atoms with E-state index in [0.717, 1.165) is 0 Å². The minimum absolute atomic E-state index is 0.0374. The van der Waals surface area contributed by atoms with E-state index in [1.807, 2.05) is 0 Å². The third-order valence-corrected chi connectivity index (χ3v) is 2.93. The number of nitro groups is 1. The third-order valence-electron chi connectivity index (χ3n) is 2.07. The predicted molar refractivity (Wildman–Crippen MR) is 68.7 cm³/mol. The number of carbonyl (C=O) groups is 1. The van der Waals surface area contributed by atoms with Crippen LogP contribution in [0.4, 0.5) is 5.69 Å². The first-order chi connectivity index (χ1) is 8.66. The molecule has 1 aliphatic heterocycles. The van der Waals surface area contributed by atoms with Gasteiger partial charge in [0.25, 0.3) is 5.69 Å². The lowest BCUT2D eigenvalue weighted by Gasteiger charge is -1.94. The lowest BCUT2D eigenvalue weighted by molar-refractivity contribution is -0.385. The second-order valence-corrected chi connectivity index (χ2v) is 4.27. The van der Waals surface area contributed by atoms with Gasteiger partial charge in [-0.05, 0) is 6.07 Å². The van der Waals surface area contributed by atoms with Gasteiger partial charge in [-0.25, -0.2) is 0 Å². The van der Waals surface area contributed by atoms with Gasteiger partial charge in [0.05, 0.1) is 22.5 Å². The van der Waals surface area contributed by atoms with Gasteiger partial charge in [0.15, 0.2) is 5.17 Å². The van der Waals surface area contributed by atoms with E-state index < -0.39 is 4.92 Å². The number of nitrogens with one attached hydrogen (secondary N) is 1. The maximum absolute atomic E-state index is 10.9. The minimum Gasteiger partial charge on any atom is -0.303 e. The maximum Gasteiger partial charge on any atom is 0.278 e. The number of amidine groups is 1. The van der Waals surface area contributed by atoms with Crippen LogP contribution in [0.15, 0.2) is 34.5 Å². The number of nitrogens with zero attached hydrogens (tertiary/aromatic N) is 3. The Morgan fingerprint density at radius 1 is 1.44 bits per heavy atom. The number of thioether (sulfide) groups is 1. The number of carbonyl (C=O) groups excluding carboxylic acids is 1. The Morgan fingerprint density at radius 3 is 2.89 bits per heavy atom. The highest BCUT2D eigenvalue weighted by Gasteiger charge is 2.16. The molecule has 1 aliphatic rings. The smallest absolute Gasteiger partial charge is 0.278 e. The van der Waals surface area contributed by atoms with E-state index in [2.05, 4.69) is 15.5 Å². The SMILES string of the molecule is O=C1CS/C(=N/N=C\c2ccccc2[N+](=O)[O-])N1. The Labute approximate surface area is 106 Å². The molecule has 0 spiro atoms. The van der Waals surface area contributed by atoms with Crippen LogP contribution in [-0.4, -0.2) is 28.0 Å². The molecule has 0 saturated carbocycles. The zero-order valence-corrected chi connectivity index (χ0v) is 9.88. The molecule has 1 amide bonds. The average molecular weight is 264 g/mol. The molecule has 0 atom stereocenters. The normalized spacial score (nSPS) is 17.3. The molecule has 0 aliphatic carbocycles. The van der Waals surface area contributed by atoms with Gasteiger partial charge in [0.2, 0.25) is 5.91 Å². The van der Waals surface area contributed by atoms with Crippen molar-refractivity contribution in [2.75, 3.05) is 5.75 Å². The van der Waals surface area contributed by atoms with Gasteiger partial charge in [-0.2, -0.15) is 5.10 Å². The van der Waals surface area contributed by atoms with Crippen molar-refractivity contribution in [1.29, 1.82) is 0 Å². The van der Waals surface area contributed by atoms with Gasteiger partial charge in [0.1, 0.15) is 0 Å². The second-order valence-electron chi connectivity index (χ2n) is 3.30. The van der Waals surface area contributed by atoms with Crippen LogP contribution in [-0.2, 0) is 4.79 Å². The van der Waals surface area contributed by atoms with Crippen molar-refractivity contribution in [3.63, 3.8) is 0 Å². The van der Waals surface area contributed by atoms with E-state index >= 15 is 0 Å². The number of hydrogen-bond acceptors (Lipinski definition) is 6. The number of para-hydroxylation sites is 1. The van der Waals surface area contributed by atoms with Crippen molar-refractivity contribution in [3.05, 3.63) is 39.9 Å². The first-order valence-corrected chi connectivity index (χ1v) is 5.92. The fraction of sp³-hybridized carbons (Fsp3) is 0.100. The largest absolute Gasteiger partial charge is 0.303 e. The Bertz CT molecular complexity index is 556. The van der Waals surface area contributed by atoms with E-state index in [9.17, 15) is 14.9 Å². The molecule has 1 N–H and O–H groups in total. The molecule has 8 heteroatoms. The van der Waals surface area contributed by atoms with E-state index in [4.69, 9.17) is 0 Å².